The topological polar surface area (TPSA) is 51.2 Å². The molecule has 0 fully saturated rings. The Morgan fingerprint density at radius 1 is 0.893 bits per heavy atom. The second-order valence-electron chi connectivity index (χ2n) is 7.08. The van der Waals surface area contributed by atoms with E-state index in [0.29, 0.717) is 16.7 Å². The Kier molecular flexibility index (Phi) is 4.31. The van der Waals surface area contributed by atoms with Crippen molar-refractivity contribution < 1.29 is 13.2 Å². The van der Waals surface area contributed by atoms with Gasteiger partial charge in [-0.05, 0) is 40.8 Å². The summed E-state index contributed by atoms with van der Waals surface area (Å²) in [6, 6.07) is 19.2. The van der Waals surface area contributed by atoms with Crippen LogP contribution in [-0.4, -0.2) is 25.2 Å². The van der Waals surface area contributed by atoms with Crippen LogP contribution in [0, 0.1) is 0 Å². The van der Waals surface area contributed by atoms with Crippen molar-refractivity contribution in [3.8, 4) is 0 Å². The third kappa shape index (κ3) is 2.64. The fourth-order valence-corrected chi connectivity index (χ4v) is 5.61. The molecule has 28 heavy (non-hydrogen) atoms. The third-order valence-corrected chi connectivity index (χ3v) is 7.05. The third-order valence-electron chi connectivity index (χ3n) is 5.32. The van der Waals surface area contributed by atoms with Gasteiger partial charge in [0.2, 0.25) is 0 Å². The predicted molar refractivity (Wildman–Crippen MR) is 113 cm³/mol. The molecule has 0 aliphatic heterocycles. The number of hydrogen-bond acceptors (Lipinski definition) is 3. The second-order valence-corrected chi connectivity index (χ2v) is 9.27. The van der Waals surface area contributed by atoms with Crippen LogP contribution in [0.1, 0.15) is 18.1 Å². The molecule has 0 saturated heterocycles. The number of ketones is 1. The molecule has 4 rings (SSSR count). The molecule has 1 atom stereocenters. The van der Waals surface area contributed by atoms with Crippen LogP contribution in [0.2, 0.25) is 0 Å². The van der Waals surface area contributed by atoms with E-state index in [1.807, 2.05) is 66.7 Å². The Balaban J connectivity index is 2.13. The number of carbonyl (C=O) groups is 1. The summed E-state index contributed by atoms with van der Waals surface area (Å²) in [4.78, 5) is 12.3. The number of rotatable bonds is 4. The van der Waals surface area contributed by atoms with Crippen molar-refractivity contribution in [2.45, 2.75) is 11.7 Å². The summed E-state index contributed by atoms with van der Waals surface area (Å²) in [7, 11) is -3.63. The summed E-state index contributed by atoms with van der Waals surface area (Å²) in [5.41, 5.74) is 4.23. The van der Waals surface area contributed by atoms with Crippen molar-refractivity contribution in [3.63, 3.8) is 0 Å². The minimum absolute atomic E-state index is 0.148. The first-order valence-corrected chi connectivity index (χ1v) is 10.9. The number of hydrogen-bond donors (Lipinski definition) is 0. The molecule has 0 N–H and O–H groups in total. The van der Waals surface area contributed by atoms with Gasteiger partial charge in [-0.15, -0.1) is 0 Å². The van der Waals surface area contributed by atoms with Gasteiger partial charge in [0.05, 0.1) is 0 Å². The van der Waals surface area contributed by atoms with Gasteiger partial charge in [-0.25, -0.2) is 8.42 Å². The molecule has 0 amide bonds. The lowest BCUT2D eigenvalue weighted by atomic mass is 9.81. The van der Waals surface area contributed by atoms with Crippen LogP contribution >= 0.6 is 0 Å². The van der Waals surface area contributed by atoms with Crippen molar-refractivity contribution in [1.82, 2.24) is 0 Å². The van der Waals surface area contributed by atoms with E-state index in [2.05, 4.69) is 0 Å². The van der Waals surface area contributed by atoms with Crippen molar-refractivity contribution in [2.75, 3.05) is 6.26 Å². The van der Waals surface area contributed by atoms with Crippen molar-refractivity contribution in [1.29, 1.82) is 0 Å². The van der Waals surface area contributed by atoms with Gasteiger partial charge in [-0.3, -0.25) is 4.79 Å². The highest BCUT2D eigenvalue weighted by Crippen LogP contribution is 2.54. The highest BCUT2D eigenvalue weighted by atomic mass is 32.2. The fraction of sp³-hybridized carbons (Fsp3) is 0.125. The van der Waals surface area contributed by atoms with E-state index >= 15 is 0 Å². The summed E-state index contributed by atoms with van der Waals surface area (Å²) in [6.07, 6.45) is 8.21. The molecule has 3 nitrogen and oxygen atoms in total. The summed E-state index contributed by atoms with van der Waals surface area (Å²) < 4.78 is 25.1. The molecule has 2 aromatic carbocycles. The maximum absolute atomic E-state index is 13.3. The Hall–Kier alpha value is -2.98. The lowest BCUT2D eigenvalue weighted by Crippen LogP contribution is -2.40. The van der Waals surface area contributed by atoms with E-state index in [9.17, 15) is 13.2 Å². The first-order chi connectivity index (χ1) is 13.4. The van der Waals surface area contributed by atoms with E-state index in [4.69, 9.17) is 0 Å². The van der Waals surface area contributed by atoms with Crippen LogP contribution in [0.4, 0.5) is 0 Å². The summed E-state index contributed by atoms with van der Waals surface area (Å²) in [6.45, 7) is 1.47. The highest BCUT2D eigenvalue weighted by molar-refractivity contribution is 7.93. The molecule has 140 valence electrons. The molecule has 0 bridgehead atoms. The normalized spacial score (nSPS) is 21.2. The molecule has 0 aromatic heterocycles. The van der Waals surface area contributed by atoms with Crippen LogP contribution in [0.3, 0.4) is 0 Å². The average molecular weight is 388 g/mol. The molecular formula is C24H20O3S. The average Bonchev–Trinajstić information content (AvgIpc) is 3.05. The standard InChI is InChI=1S/C24H20O3S/c1-17(25)20-14-9-15-24(28(2,26)27)22(20)16-21(18-10-5-3-6-11-18)23(24)19-12-7-4-8-13-19/h3-16H,1-2H3. The molecule has 0 radical (unpaired) electrons. The largest absolute Gasteiger partial charge is 0.294 e. The van der Waals surface area contributed by atoms with E-state index in [1.54, 1.807) is 18.2 Å². The van der Waals surface area contributed by atoms with Crippen LogP contribution in [0.5, 0.6) is 0 Å². The number of benzene rings is 2. The molecule has 0 spiro atoms. The van der Waals surface area contributed by atoms with E-state index in [0.717, 1.165) is 16.7 Å². The minimum Gasteiger partial charge on any atom is -0.294 e. The first kappa shape index (κ1) is 18.4. The zero-order chi connectivity index (χ0) is 19.9. The van der Waals surface area contributed by atoms with E-state index < -0.39 is 14.6 Å². The summed E-state index contributed by atoms with van der Waals surface area (Å²) >= 11 is 0. The predicted octanol–water partition coefficient (Wildman–Crippen LogP) is 4.41. The Labute approximate surface area is 165 Å². The molecule has 1 unspecified atom stereocenters. The van der Waals surface area contributed by atoms with Gasteiger partial charge in [-0.2, -0.15) is 0 Å². The van der Waals surface area contributed by atoms with Crippen LogP contribution < -0.4 is 0 Å². The van der Waals surface area contributed by atoms with Crippen LogP contribution in [0.25, 0.3) is 11.1 Å². The van der Waals surface area contributed by atoms with Gasteiger partial charge >= 0.3 is 0 Å². The SMILES string of the molecule is CC(=O)C1=CC=CC2(S(C)(=O)=O)C1=CC(c1ccccc1)=C2c1ccccc1. The molecular weight excluding hydrogens is 368 g/mol. The zero-order valence-electron chi connectivity index (χ0n) is 15.7. The smallest absolute Gasteiger partial charge is 0.165 e. The van der Waals surface area contributed by atoms with Gasteiger partial charge in [0.15, 0.2) is 15.6 Å². The summed E-state index contributed by atoms with van der Waals surface area (Å²) in [5.74, 6) is -0.148. The van der Waals surface area contributed by atoms with Crippen LogP contribution in [0.15, 0.2) is 96.1 Å². The molecule has 0 heterocycles. The molecule has 2 aliphatic carbocycles. The number of sulfone groups is 1. The van der Waals surface area contributed by atoms with Gasteiger partial charge in [0, 0.05) is 11.8 Å². The molecule has 0 saturated carbocycles. The van der Waals surface area contributed by atoms with Crippen molar-refractivity contribution >= 4 is 26.8 Å². The summed E-state index contributed by atoms with van der Waals surface area (Å²) in [5, 5.41) is 0. The van der Waals surface area contributed by atoms with Gasteiger partial charge in [0.1, 0.15) is 4.75 Å². The van der Waals surface area contributed by atoms with Crippen LogP contribution in [-0.2, 0) is 14.6 Å². The highest BCUT2D eigenvalue weighted by Gasteiger charge is 2.52. The van der Waals surface area contributed by atoms with E-state index in [-0.39, 0.29) is 5.78 Å². The maximum Gasteiger partial charge on any atom is 0.165 e. The quantitative estimate of drug-likeness (QED) is 0.780. The van der Waals surface area contributed by atoms with Gasteiger partial charge in [0.25, 0.3) is 0 Å². The minimum atomic E-state index is -3.63. The van der Waals surface area contributed by atoms with Gasteiger partial charge < -0.3 is 0 Å². The molecule has 2 aliphatic rings. The zero-order valence-corrected chi connectivity index (χ0v) is 16.5. The number of carbonyl (C=O) groups excluding carboxylic acids is 1. The van der Waals surface area contributed by atoms with Gasteiger partial charge in [-0.1, -0.05) is 78.9 Å². The lowest BCUT2D eigenvalue weighted by molar-refractivity contribution is -0.113. The number of Topliss-reactive ketones (excluding diaryl/α,β-unsaturated/α-hetero) is 1. The fourth-order valence-electron chi connectivity index (χ4n) is 4.11. The number of allylic oxidation sites excluding steroid dienone is 5. The second kappa shape index (κ2) is 6.57. The Bertz CT molecular complexity index is 1180. The van der Waals surface area contributed by atoms with Crippen molar-refractivity contribution in [3.05, 3.63) is 107 Å². The monoisotopic (exact) mass is 388 g/mol. The van der Waals surface area contributed by atoms with Crippen molar-refractivity contribution in [2.24, 2.45) is 0 Å². The number of fused-ring (bicyclic) bond motifs is 1. The Morgan fingerprint density at radius 2 is 1.46 bits per heavy atom. The molecule has 2 aromatic rings. The molecule has 4 heteroatoms. The lowest BCUT2D eigenvalue weighted by Gasteiger charge is -2.34. The van der Waals surface area contributed by atoms with E-state index in [1.165, 1.54) is 13.2 Å². The Morgan fingerprint density at radius 3 is 2.00 bits per heavy atom. The first-order valence-electron chi connectivity index (χ1n) is 9.04. The maximum atomic E-state index is 13.3.